The summed E-state index contributed by atoms with van der Waals surface area (Å²) >= 11 is 0. The van der Waals surface area contributed by atoms with Gasteiger partial charge >= 0.3 is 5.97 Å². The maximum Gasteiger partial charge on any atom is 0.319 e. The third kappa shape index (κ3) is 1.78. The largest absolute Gasteiger partial charge is 0.465 e. The molecule has 1 heterocycles. The molecule has 0 saturated carbocycles. The first-order valence-corrected chi connectivity index (χ1v) is 4.50. The topological polar surface area (TPSA) is 83.8 Å². The number of hydrogen-bond acceptors (Lipinski definition) is 5. The quantitative estimate of drug-likeness (QED) is 0.463. The third-order valence-electron chi connectivity index (χ3n) is 2.62. The van der Waals surface area contributed by atoms with E-state index < -0.39 is 24.1 Å². The van der Waals surface area contributed by atoms with Crippen LogP contribution < -0.4 is 0 Å². The first kappa shape index (κ1) is 11.1. The second-order valence-electron chi connectivity index (χ2n) is 3.56. The van der Waals surface area contributed by atoms with E-state index in [0.717, 1.165) is 0 Å². The van der Waals surface area contributed by atoms with Crippen molar-refractivity contribution < 1.29 is 24.5 Å². The highest BCUT2D eigenvalue weighted by Gasteiger charge is 2.49. The minimum absolute atomic E-state index is 0.0579. The van der Waals surface area contributed by atoms with Gasteiger partial charge in [-0.1, -0.05) is 0 Å². The lowest BCUT2D eigenvalue weighted by atomic mass is 9.78. The van der Waals surface area contributed by atoms with Gasteiger partial charge < -0.3 is 14.9 Å². The fraction of sp³-hybridized carbons (Fsp3) is 0.778. The molecule has 2 N–H and O–H groups in total. The van der Waals surface area contributed by atoms with E-state index in [4.69, 9.17) is 9.84 Å². The van der Waals surface area contributed by atoms with Crippen LogP contribution in [-0.4, -0.2) is 41.3 Å². The fourth-order valence-corrected chi connectivity index (χ4v) is 1.67. The lowest BCUT2D eigenvalue weighted by molar-refractivity contribution is -0.152. The Morgan fingerprint density at radius 2 is 2.36 bits per heavy atom. The minimum Gasteiger partial charge on any atom is -0.465 e. The van der Waals surface area contributed by atoms with Crippen LogP contribution >= 0.6 is 0 Å². The van der Waals surface area contributed by atoms with Crippen LogP contribution in [-0.2, 0) is 14.3 Å². The number of aliphatic hydroxyl groups is 2. The second kappa shape index (κ2) is 4.06. The number of Topliss-reactive ketones (excluding diaryl/α,β-unsaturated/α-hetero) is 1. The van der Waals surface area contributed by atoms with Gasteiger partial charge in [0.25, 0.3) is 0 Å². The minimum atomic E-state index is -1.23. The molecule has 2 atom stereocenters. The molecule has 0 radical (unpaired) electrons. The number of carbonyl (C=O) groups excluding carboxylic acids is 2. The molecule has 80 valence electrons. The van der Waals surface area contributed by atoms with E-state index in [1.165, 1.54) is 6.92 Å². The van der Waals surface area contributed by atoms with Gasteiger partial charge in [-0.3, -0.25) is 9.59 Å². The summed E-state index contributed by atoms with van der Waals surface area (Å²) in [5, 5.41) is 17.9. The van der Waals surface area contributed by atoms with Crippen LogP contribution in [0.5, 0.6) is 0 Å². The highest BCUT2D eigenvalue weighted by molar-refractivity contribution is 6.03. The molecule has 0 spiro atoms. The van der Waals surface area contributed by atoms with Crippen molar-refractivity contribution in [1.82, 2.24) is 0 Å². The molecule has 0 aromatic heterocycles. The zero-order valence-corrected chi connectivity index (χ0v) is 8.02. The predicted octanol–water partition coefficient (Wildman–Crippen LogP) is -0.748. The summed E-state index contributed by atoms with van der Waals surface area (Å²) in [5.41, 5.74) is -1.23. The van der Waals surface area contributed by atoms with Crippen molar-refractivity contribution >= 4 is 11.8 Å². The van der Waals surface area contributed by atoms with Crippen LogP contribution in [0.15, 0.2) is 0 Å². The molecule has 0 bridgehead atoms. The van der Waals surface area contributed by atoms with Gasteiger partial charge in [-0.15, -0.1) is 0 Å². The van der Waals surface area contributed by atoms with Gasteiger partial charge in [0, 0.05) is 6.42 Å². The molecule has 14 heavy (non-hydrogen) atoms. The molecule has 0 aliphatic carbocycles. The van der Waals surface area contributed by atoms with Crippen LogP contribution in [0.2, 0.25) is 0 Å². The van der Waals surface area contributed by atoms with Gasteiger partial charge in [-0.2, -0.15) is 0 Å². The van der Waals surface area contributed by atoms with Gasteiger partial charge in [0.1, 0.15) is 11.2 Å². The van der Waals surface area contributed by atoms with Gasteiger partial charge in [0.15, 0.2) is 0 Å². The molecule has 0 amide bonds. The van der Waals surface area contributed by atoms with Crippen LogP contribution in [0, 0.1) is 5.41 Å². The Bertz CT molecular complexity index is 250. The summed E-state index contributed by atoms with van der Waals surface area (Å²) < 4.78 is 4.72. The molecule has 1 fully saturated rings. The molecule has 0 aromatic carbocycles. The fourth-order valence-electron chi connectivity index (χ4n) is 1.67. The standard InChI is InChI=1S/C9H14O5/c1-6(11)9(4-7(12)5-10)2-3-14-8(9)13/h7,10,12H,2-5H2,1H3. The van der Waals surface area contributed by atoms with Gasteiger partial charge in [0.05, 0.1) is 19.3 Å². The van der Waals surface area contributed by atoms with E-state index in [2.05, 4.69) is 0 Å². The molecule has 5 heteroatoms. The van der Waals surface area contributed by atoms with Crippen molar-refractivity contribution in [3.63, 3.8) is 0 Å². The number of ether oxygens (including phenoxy) is 1. The molecule has 1 rings (SSSR count). The lowest BCUT2D eigenvalue weighted by Crippen LogP contribution is -2.38. The number of carbonyl (C=O) groups is 2. The normalized spacial score (nSPS) is 28.6. The van der Waals surface area contributed by atoms with Crippen molar-refractivity contribution in [3.8, 4) is 0 Å². The average molecular weight is 202 g/mol. The predicted molar refractivity (Wildman–Crippen MR) is 46.4 cm³/mol. The number of esters is 1. The summed E-state index contributed by atoms with van der Waals surface area (Å²) in [6.45, 7) is 1.05. The highest BCUT2D eigenvalue weighted by Crippen LogP contribution is 2.35. The van der Waals surface area contributed by atoms with Gasteiger partial charge in [-0.05, 0) is 13.3 Å². The summed E-state index contributed by atoms with van der Waals surface area (Å²) in [6, 6.07) is 0. The number of cyclic esters (lactones) is 1. The Morgan fingerprint density at radius 1 is 1.71 bits per heavy atom. The van der Waals surface area contributed by atoms with Crippen molar-refractivity contribution in [2.45, 2.75) is 25.9 Å². The van der Waals surface area contributed by atoms with Crippen LogP contribution in [0.3, 0.4) is 0 Å². The van der Waals surface area contributed by atoms with E-state index in [1.807, 2.05) is 0 Å². The summed E-state index contributed by atoms with van der Waals surface area (Å²) in [6.07, 6.45) is -0.819. The SMILES string of the molecule is CC(=O)C1(CC(O)CO)CCOC1=O. The monoisotopic (exact) mass is 202 g/mol. The maximum absolute atomic E-state index is 11.4. The first-order chi connectivity index (χ1) is 6.53. The molecule has 1 saturated heterocycles. The molecular formula is C9H14O5. The zero-order chi connectivity index (χ0) is 10.8. The van der Waals surface area contributed by atoms with Crippen molar-refractivity contribution in [2.24, 2.45) is 5.41 Å². The Hall–Kier alpha value is -0.940. The average Bonchev–Trinajstić information content (AvgIpc) is 2.49. The number of hydrogen-bond donors (Lipinski definition) is 2. The van der Waals surface area contributed by atoms with Gasteiger partial charge in [0.2, 0.25) is 0 Å². The summed E-state index contributed by atoms with van der Waals surface area (Å²) in [5.74, 6) is -0.898. The van der Waals surface area contributed by atoms with Crippen LogP contribution in [0.4, 0.5) is 0 Å². The molecular weight excluding hydrogens is 188 g/mol. The Balaban J connectivity index is 2.82. The molecule has 5 nitrogen and oxygen atoms in total. The Kier molecular flexibility index (Phi) is 3.23. The van der Waals surface area contributed by atoms with E-state index >= 15 is 0 Å². The molecule has 0 aromatic rings. The van der Waals surface area contributed by atoms with Crippen molar-refractivity contribution in [2.75, 3.05) is 13.2 Å². The van der Waals surface area contributed by atoms with Crippen molar-refractivity contribution in [1.29, 1.82) is 0 Å². The smallest absolute Gasteiger partial charge is 0.319 e. The lowest BCUT2D eigenvalue weighted by Gasteiger charge is -2.23. The number of ketones is 1. The summed E-state index contributed by atoms with van der Waals surface area (Å²) in [7, 11) is 0. The highest BCUT2D eigenvalue weighted by atomic mass is 16.5. The van der Waals surface area contributed by atoms with Crippen molar-refractivity contribution in [3.05, 3.63) is 0 Å². The second-order valence-corrected chi connectivity index (χ2v) is 3.56. The van der Waals surface area contributed by atoms with E-state index in [-0.39, 0.29) is 25.2 Å². The van der Waals surface area contributed by atoms with Gasteiger partial charge in [-0.25, -0.2) is 0 Å². The van der Waals surface area contributed by atoms with Crippen LogP contribution in [0.25, 0.3) is 0 Å². The number of aliphatic hydroxyl groups excluding tert-OH is 2. The molecule has 1 aliphatic rings. The zero-order valence-electron chi connectivity index (χ0n) is 8.02. The number of rotatable bonds is 4. The first-order valence-electron chi connectivity index (χ1n) is 4.50. The summed E-state index contributed by atoms with van der Waals surface area (Å²) in [4.78, 5) is 22.7. The van der Waals surface area contributed by atoms with E-state index in [1.54, 1.807) is 0 Å². The third-order valence-corrected chi connectivity index (χ3v) is 2.62. The Morgan fingerprint density at radius 3 is 2.71 bits per heavy atom. The molecule has 1 aliphatic heterocycles. The Labute approximate surface area is 81.7 Å². The van der Waals surface area contributed by atoms with E-state index in [0.29, 0.717) is 0 Å². The molecule has 2 unspecified atom stereocenters. The maximum atomic E-state index is 11.4. The van der Waals surface area contributed by atoms with Crippen LogP contribution in [0.1, 0.15) is 19.8 Å². The van der Waals surface area contributed by atoms with E-state index in [9.17, 15) is 14.7 Å².